The third-order valence-corrected chi connectivity index (χ3v) is 4.65. The molecule has 0 radical (unpaired) electrons. The molecule has 0 aliphatic carbocycles. The second-order valence-corrected chi connectivity index (χ2v) is 6.55. The molecule has 0 aromatic heterocycles. The molecule has 1 heterocycles. The highest BCUT2D eigenvalue weighted by Crippen LogP contribution is 2.22. The molecule has 0 spiro atoms. The summed E-state index contributed by atoms with van der Waals surface area (Å²) < 4.78 is 0. The number of carbonyl (C=O) groups excluding carboxylic acids is 4. The number of aryl methyl sites for hydroxylation is 1. The Kier molecular flexibility index (Phi) is 5.54. The van der Waals surface area contributed by atoms with E-state index in [1.807, 2.05) is 25.1 Å². The lowest BCUT2D eigenvalue weighted by Crippen LogP contribution is -2.43. The summed E-state index contributed by atoms with van der Waals surface area (Å²) in [5, 5.41) is 2.79. The first kappa shape index (κ1) is 19.3. The SMILES string of the molecule is CCc1ccccc1NC(=O)CN(C)C(=O)CN1C(=O)c2ccccc2C1=O. The Hall–Kier alpha value is -3.48. The molecule has 0 unspecified atom stereocenters. The first-order chi connectivity index (χ1) is 13.4. The molecule has 0 saturated carbocycles. The maximum absolute atomic E-state index is 12.5. The van der Waals surface area contributed by atoms with Crippen molar-refractivity contribution in [2.24, 2.45) is 0 Å². The fraction of sp³-hybridized carbons (Fsp3) is 0.238. The molecule has 1 N–H and O–H groups in total. The van der Waals surface area contributed by atoms with Crippen molar-refractivity contribution in [2.75, 3.05) is 25.5 Å². The van der Waals surface area contributed by atoms with Crippen molar-refractivity contribution < 1.29 is 19.2 Å². The molecule has 3 rings (SSSR count). The van der Waals surface area contributed by atoms with E-state index in [9.17, 15) is 19.2 Å². The molecular formula is C21H21N3O4. The smallest absolute Gasteiger partial charge is 0.262 e. The number of fused-ring (bicyclic) bond motifs is 1. The molecule has 7 nitrogen and oxygen atoms in total. The quantitative estimate of drug-likeness (QED) is 0.777. The van der Waals surface area contributed by atoms with Crippen LogP contribution < -0.4 is 5.32 Å². The van der Waals surface area contributed by atoms with E-state index in [0.29, 0.717) is 5.69 Å². The Morgan fingerprint density at radius 1 is 0.964 bits per heavy atom. The van der Waals surface area contributed by atoms with E-state index in [4.69, 9.17) is 0 Å². The molecule has 28 heavy (non-hydrogen) atoms. The van der Waals surface area contributed by atoms with Gasteiger partial charge in [-0.25, -0.2) is 0 Å². The van der Waals surface area contributed by atoms with Crippen molar-refractivity contribution in [2.45, 2.75) is 13.3 Å². The van der Waals surface area contributed by atoms with Gasteiger partial charge >= 0.3 is 0 Å². The summed E-state index contributed by atoms with van der Waals surface area (Å²) in [7, 11) is 1.46. The molecular weight excluding hydrogens is 358 g/mol. The third kappa shape index (κ3) is 3.78. The second-order valence-electron chi connectivity index (χ2n) is 6.55. The number of hydrogen-bond donors (Lipinski definition) is 1. The van der Waals surface area contributed by atoms with Crippen LogP contribution >= 0.6 is 0 Å². The Bertz CT molecular complexity index is 919. The highest BCUT2D eigenvalue weighted by atomic mass is 16.2. The van der Waals surface area contributed by atoms with Crippen molar-refractivity contribution >= 4 is 29.3 Å². The number of rotatable bonds is 6. The number of benzene rings is 2. The van der Waals surface area contributed by atoms with E-state index < -0.39 is 24.3 Å². The standard InChI is InChI=1S/C21H21N3O4/c1-3-14-8-4-7-11-17(14)22-18(25)12-23(2)19(26)13-24-20(27)15-9-5-6-10-16(15)21(24)28/h4-11H,3,12-13H2,1-2H3,(H,22,25). The molecule has 0 saturated heterocycles. The van der Waals surface area contributed by atoms with Gasteiger partial charge in [0.25, 0.3) is 11.8 Å². The lowest BCUT2D eigenvalue weighted by atomic mass is 10.1. The van der Waals surface area contributed by atoms with Gasteiger partial charge in [-0.2, -0.15) is 0 Å². The Morgan fingerprint density at radius 2 is 1.54 bits per heavy atom. The van der Waals surface area contributed by atoms with Gasteiger partial charge in [0, 0.05) is 12.7 Å². The summed E-state index contributed by atoms with van der Waals surface area (Å²) in [6.07, 6.45) is 0.769. The zero-order valence-electron chi connectivity index (χ0n) is 15.8. The fourth-order valence-electron chi connectivity index (χ4n) is 3.08. The van der Waals surface area contributed by atoms with E-state index >= 15 is 0 Å². The van der Waals surface area contributed by atoms with Crippen molar-refractivity contribution in [3.8, 4) is 0 Å². The normalized spacial score (nSPS) is 12.7. The van der Waals surface area contributed by atoms with Crippen LogP contribution in [-0.2, 0) is 16.0 Å². The minimum atomic E-state index is -0.497. The number of carbonyl (C=O) groups is 4. The van der Waals surface area contributed by atoms with E-state index in [1.54, 1.807) is 30.3 Å². The minimum absolute atomic E-state index is 0.181. The summed E-state index contributed by atoms with van der Waals surface area (Å²) in [5.41, 5.74) is 2.28. The van der Waals surface area contributed by atoms with Gasteiger partial charge in [0.2, 0.25) is 11.8 Å². The Balaban J connectivity index is 1.60. The van der Waals surface area contributed by atoms with Crippen LogP contribution in [0.25, 0.3) is 0 Å². The average Bonchev–Trinajstić information content (AvgIpc) is 2.93. The van der Waals surface area contributed by atoms with Gasteiger partial charge in [0.1, 0.15) is 6.54 Å². The van der Waals surface area contributed by atoms with Crippen LogP contribution in [0.15, 0.2) is 48.5 Å². The van der Waals surface area contributed by atoms with Crippen molar-refractivity contribution in [1.82, 2.24) is 9.80 Å². The zero-order chi connectivity index (χ0) is 20.3. The van der Waals surface area contributed by atoms with E-state index in [0.717, 1.165) is 16.9 Å². The van der Waals surface area contributed by atoms with Gasteiger partial charge in [0.05, 0.1) is 17.7 Å². The summed E-state index contributed by atoms with van der Waals surface area (Å²) in [5.74, 6) is -1.83. The molecule has 4 amide bonds. The summed E-state index contributed by atoms with van der Waals surface area (Å²) in [6, 6.07) is 13.9. The topological polar surface area (TPSA) is 86.8 Å². The number of nitrogens with zero attached hydrogens (tertiary/aromatic N) is 2. The van der Waals surface area contributed by atoms with E-state index in [1.165, 1.54) is 11.9 Å². The molecule has 0 fully saturated rings. The maximum atomic E-state index is 12.5. The number of para-hydroxylation sites is 1. The zero-order valence-corrected chi connectivity index (χ0v) is 15.8. The highest BCUT2D eigenvalue weighted by molar-refractivity contribution is 6.22. The molecule has 0 atom stereocenters. The minimum Gasteiger partial charge on any atom is -0.335 e. The number of likely N-dealkylation sites (N-methyl/N-ethyl adjacent to an activating group) is 1. The van der Waals surface area contributed by atoms with Gasteiger partial charge in [-0.3, -0.25) is 24.1 Å². The third-order valence-electron chi connectivity index (χ3n) is 4.65. The lowest BCUT2D eigenvalue weighted by Gasteiger charge is -2.20. The summed E-state index contributed by atoms with van der Waals surface area (Å²) in [4.78, 5) is 51.6. The van der Waals surface area contributed by atoms with Crippen molar-refractivity contribution in [1.29, 1.82) is 0 Å². The van der Waals surface area contributed by atoms with E-state index in [2.05, 4.69) is 5.32 Å². The number of hydrogen-bond acceptors (Lipinski definition) is 4. The Labute approximate surface area is 162 Å². The maximum Gasteiger partial charge on any atom is 0.262 e. The highest BCUT2D eigenvalue weighted by Gasteiger charge is 2.36. The summed E-state index contributed by atoms with van der Waals surface area (Å²) >= 11 is 0. The number of nitrogens with one attached hydrogen (secondary N) is 1. The van der Waals surface area contributed by atoms with Crippen LogP contribution in [0.1, 0.15) is 33.2 Å². The predicted octanol–water partition coefficient (Wildman–Crippen LogP) is 1.94. The van der Waals surface area contributed by atoms with Gasteiger partial charge in [-0.05, 0) is 30.2 Å². The van der Waals surface area contributed by atoms with Gasteiger partial charge in [-0.15, -0.1) is 0 Å². The largest absolute Gasteiger partial charge is 0.335 e. The number of anilines is 1. The van der Waals surface area contributed by atoms with Gasteiger partial charge < -0.3 is 10.2 Å². The molecule has 1 aliphatic rings. The molecule has 7 heteroatoms. The van der Waals surface area contributed by atoms with Crippen LogP contribution in [0.2, 0.25) is 0 Å². The molecule has 0 bridgehead atoms. The average molecular weight is 379 g/mol. The Morgan fingerprint density at radius 3 is 2.14 bits per heavy atom. The molecule has 1 aliphatic heterocycles. The first-order valence-electron chi connectivity index (χ1n) is 8.99. The van der Waals surface area contributed by atoms with Crippen LogP contribution in [-0.4, -0.2) is 53.6 Å². The van der Waals surface area contributed by atoms with Crippen LogP contribution in [0, 0.1) is 0 Å². The predicted molar refractivity (Wildman–Crippen MR) is 104 cm³/mol. The lowest BCUT2D eigenvalue weighted by molar-refractivity contribution is -0.133. The van der Waals surface area contributed by atoms with Crippen LogP contribution in [0.5, 0.6) is 0 Å². The summed E-state index contributed by atoms with van der Waals surface area (Å²) in [6.45, 7) is 1.41. The second kappa shape index (κ2) is 8.04. The van der Waals surface area contributed by atoms with Crippen molar-refractivity contribution in [3.63, 3.8) is 0 Å². The van der Waals surface area contributed by atoms with Crippen molar-refractivity contribution in [3.05, 3.63) is 65.2 Å². The van der Waals surface area contributed by atoms with Gasteiger partial charge in [0.15, 0.2) is 0 Å². The fourth-order valence-corrected chi connectivity index (χ4v) is 3.08. The number of amides is 4. The monoisotopic (exact) mass is 379 g/mol. The van der Waals surface area contributed by atoms with Gasteiger partial charge in [-0.1, -0.05) is 37.3 Å². The molecule has 2 aromatic carbocycles. The first-order valence-corrected chi connectivity index (χ1v) is 8.99. The van der Waals surface area contributed by atoms with E-state index in [-0.39, 0.29) is 23.6 Å². The molecule has 2 aromatic rings. The van der Waals surface area contributed by atoms with Crippen LogP contribution in [0.4, 0.5) is 5.69 Å². The number of imide groups is 1. The van der Waals surface area contributed by atoms with Crippen LogP contribution in [0.3, 0.4) is 0 Å². The molecule has 144 valence electrons.